The summed E-state index contributed by atoms with van der Waals surface area (Å²) in [6, 6.07) is 12.0. The fraction of sp³-hybridized carbons (Fsp3) is 0.200. The number of benzene rings is 2. The monoisotopic (exact) mass is 261 g/mol. The van der Waals surface area contributed by atoms with E-state index in [4.69, 9.17) is 10.5 Å². The molecule has 0 atom stereocenters. The average molecular weight is 261 g/mol. The second-order valence-electron chi connectivity index (χ2n) is 4.18. The first-order valence-corrected chi connectivity index (χ1v) is 6.03. The van der Waals surface area contributed by atoms with Gasteiger partial charge in [0.15, 0.2) is 0 Å². The minimum Gasteiger partial charge on any atom is -0.488 e. The Morgan fingerprint density at radius 3 is 2.58 bits per heavy atom. The predicted octanol–water partition coefficient (Wildman–Crippen LogP) is 2.36. The average Bonchev–Trinajstić information content (AvgIpc) is 2.46. The smallest absolute Gasteiger partial charge is 0.130 e. The topological polar surface area (TPSA) is 55.5 Å². The minimum atomic E-state index is -0.329. The third-order valence-electron chi connectivity index (χ3n) is 2.88. The summed E-state index contributed by atoms with van der Waals surface area (Å²) in [5, 5.41) is 9.17. The molecular weight excluding hydrogens is 245 g/mol. The molecule has 0 aliphatic carbocycles. The summed E-state index contributed by atoms with van der Waals surface area (Å²) < 4.78 is 19.3. The maximum Gasteiger partial charge on any atom is 0.130 e. The number of para-hydroxylation sites is 1. The van der Waals surface area contributed by atoms with Gasteiger partial charge in [-0.2, -0.15) is 0 Å². The number of hydrogen-bond acceptors (Lipinski definition) is 3. The summed E-state index contributed by atoms with van der Waals surface area (Å²) in [4.78, 5) is 0. The molecule has 2 rings (SSSR count). The van der Waals surface area contributed by atoms with E-state index in [9.17, 15) is 9.50 Å². The van der Waals surface area contributed by atoms with Crippen molar-refractivity contribution in [2.45, 2.75) is 19.8 Å². The van der Waals surface area contributed by atoms with Gasteiger partial charge in [0, 0.05) is 17.7 Å². The van der Waals surface area contributed by atoms with E-state index in [0.29, 0.717) is 23.4 Å². The molecule has 19 heavy (non-hydrogen) atoms. The van der Waals surface area contributed by atoms with E-state index < -0.39 is 0 Å². The minimum absolute atomic E-state index is 0.106. The molecule has 4 heteroatoms. The van der Waals surface area contributed by atoms with E-state index in [1.54, 1.807) is 24.3 Å². The molecule has 100 valence electrons. The number of aliphatic hydroxyl groups excluding tert-OH is 1. The van der Waals surface area contributed by atoms with Gasteiger partial charge >= 0.3 is 0 Å². The van der Waals surface area contributed by atoms with Gasteiger partial charge in [0.1, 0.15) is 18.2 Å². The Kier molecular flexibility index (Phi) is 4.49. The number of rotatable bonds is 5. The van der Waals surface area contributed by atoms with Crippen LogP contribution < -0.4 is 10.5 Å². The number of nitrogens with two attached hydrogens (primary N) is 1. The lowest BCUT2D eigenvalue weighted by Gasteiger charge is -2.11. The van der Waals surface area contributed by atoms with Gasteiger partial charge in [-0.1, -0.05) is 30.3 Å². The van der Waals surface area contributed by atoms with E-state index in [-0.39, 0.29) is 19.0 Å². The summed E-state index contributed by atoms with van der Waals surface area (Å²) in [5.41, 5.74) is 7.34. The molecule has 0 heterocycles. The van der Waals surface area contributed by atoms with Crippen molar-refractivity contribution in [3.05, 3.63) is 65.0 Å². The molecule has 0 unspecified atom stereocenters. The van der Waals surface area contributed by atoms with Crippen LogP contribution in [0.4, 0.5) is 4.39 Å². The molecule has 0 fully saturated rings. The molecule has 0 saturated heterocycles. The molecule has 3 nitrogen and oxygen atoms in total. The summed E-state index contributed by atoms with van der Waals surface area (Å²) in [5.74, 6) is 0.233. The molecular formula is C15H16FNO2. The van der Waals surface area contributed by atoms with Crippen LogP contribution in [0.1, 0.15) is 16.7 Å². The first kappa shape index (κ1) is 13.5. The lowest BCUT2D eigenvalue weighted by molar-refractivity contribution is 0.257. The summed E-state index contributed by atoms with van der Waals surface area (Å²) in [6.07, 6.45) is 0. The fourth-order valence-electron chi connectivity index (χ4n) is 1.77. The Labute approximate surface area is 111 Å². The standard InChI is InChI=1S/C15H16FNO2/c16-14-7-11(8-17)5-6-13(14)10-19-15-4-2-1-3-12(15)9-18/h1-7,18H,8-10,17H2. The van der Waals surface area contributed by atoms with Crippen LogP contribution in [-0.4, -0.2) is 5.11 Å². The first-order chi connectivity index (χ1) is 9.24. The van der Waals surface area contributed by atoms with Crippen molar-refractivity contribution in [1.29, 1.82) is 0 Å². The quantitative estimate of drug-likeness (QED) is 0.868. The maximum absolute atomic E-state index is 13.7. The zero-order valence-corrected chi connectivity index (χ0v) is 10.5. The number of aliphatic hydroxyl groups is 1. The van der Waals surface area contributed by atoms with E-state index in [1.807, 2.05) is 12.1 Å². The van der Waals surface area contributed by atoms with Gasteiger partial charge in [-0.05, 0) is 17.7 Å². The van der Waals surface area contributed by atoms with Crippen molar-refractivity contribution in [2.24, 2.45) is 5.73 Å². The lowest BCUT2D eigenvalue weighted by atomic mass is 10.1. The highest BCUT2D eigenvalue weighted by Gasteiger charge is 2.06. The SMILES string of the molecule is NCc1ccc(COc2ccccc2CO)c(F)c1. The number of hydrogen-bond donors (Lipinski definition) is 2. The van der Waals surface area contributed by atoms with Gasteiger partial charge in [-0.25, -0.2) is 4.39 Å². The molecule has 0 aliphatic rings. The third-order valence-corrected chi connectivity index (χ3v) is 2.88. The van der Waals surface area contributed by atoms with Crippen LogP contribution in [-0.2, 0) is 19.8 Å². The summed E-state index contributed by atoms with van der Waals surface area (Å²) >= 11 is 0. The molecule has 0 bridgehead atoms. The Hall–Kier alpha value is -1.91. The highest BCUT2D eigenvalue weighted by atomic mass is 19.1. The lowest BCUT2D eigenvalue weighted by Crippen LogP contribution is -2.03. The maximum atomic E-state index is 13.7. The van der Waals surface area contributed by atoms with Crippen LogP contribution in [0.2, 0.25) is 0 Å². The molecule has 3 N–H and O–H groups in total. The first-order valence-electron chi connectivity index (χ1n) is 6.03. The van der Waals surface area contributed by atoms with Crippen LogP contribution in [0.3, 0.4) is 0 Å². The van der Waals surface area contributed by atoms with Crippen molar-refractivity contribution < 1.29 is 14.2 Å². The molecule has 0 spiro atoms. The van der Waals surface area contributed by atoms with Gasteiger partial charge in [-0.3, -0.25) is 0 Å². The Balaban J connectivity index is 2.10. The molecule has 2 aromatic carbocycles. The van der Waals surface area contributed by atoms with Crippen molar-refractivity contribution >= 4 is 0 Å². The molecule has 0 saturated carbocycles. The molecule has 0 amide bonds. The largest absolute Gasteiger partial charge is 0.488 e. The van der Waals surface area contributed by atoms with Crippen LogP contribution >= 0.6 is 0 Å². The Morgan fingerprint density at radius 1 is 1.11 bits per heavy atom. The van der Waals surface area contributed by atoms with Crippen molar-refractivity contribution in [3.8, 4) is 5.75 Å². The number of ether oxygens (including phenoxy) is 1. The zero-order chi connectivity index (χ0) is 13.7. The highest BCUT2D eigenvalue weighted by Crippen LogP contribution is 2.20. The zero-order valence-electron chi connectivity index (χ0n) is 10.5. The van der Waals surface area contributed by atoms with Crippen LogP contribution in [0, 0.1) is 5.82 Å². The molecule has 0 radical (unpaired) electrons. The van der Waals surface area contributed by atoms with E-state index in [0.717, 1.165) is 5.56 Å². The van der Waals surface area contributed by atoms with E-state index in [1.165, 1.54) is 6.07 Å². The van der Waals surface area contributed by atoms with E-state index in [2.05, 4.69) is 0 Å². The second-order valence-corrected chi connectivity index (χ2v) is 4.18. The van der Waals surface area contributed by atoms with Crippen LogP contribution in [0.25, 0.3) is 0 Å². The van der Waals surface area contributed by atoms with Crippen molar-refractivity contribution in [2.75, 3.05) is 0 Å². The van der Waals surface area contributed by atoms with E-state index >= 15 is 0 Å². The van der Waals surface area contributed by atoms with Gasteiger partial charge in [0.05, 0.1) is 6.61 Å². The van der Waals surface area contributed by atoms with Gasteiger partial charge in [-0.15, -0.1) is 0 Å². The van der Waals surface area contributed by atoms with Crippen LogP contribution in [0.5, 0.6) is 5.75 Å². The molecule has 2 aromatic rings. The third kappa shape index (κ3) is 3.30. The fourth-order valence-corrected chi connectivity index (χ4v) is 1.77. The summed E-state index contributed by atoms with van der Waals surface area (Å²) in [7, 11) is 0. The number of halogens is 1. The van der Waals surface area contributed by atoms with Crippen molar-refractivity contribution in [3.63, 3.8) is 0 Å². The molecule has 0 aliphatic heterocycles. The second kappa shape index (κ2) is 6.31. The van der Waals surface area contributed by atoms with Crippen molar-refractivity contribution in [1.82, 2.24) is 0 Å². The Bertz CT molecular complexity index is 558. The normalized spacial score (nSPS) is 10.5. The Morgan fingerprint density at radius 2 is 1.89 bits per heavy atom. The van der Waals surface area contributed by atoms with Gasteiger partial charge in [0.2, 0.25) is 0 Å². The van der Waals surface area contributed by atoms with Crippen LogP contribution in [0.15, 0.2) is 42.5 Å². The van der Waals surface area contributed by atoms with Gasteiger partial charge < -0.3 is 15.6 Å². The predicted molar refractivity (Wildman–Crippen MR) is 71.0 cm³/mol. The highest BCUT2D eigenvalue weighted by molar-refractivity contribution is 5.33. The van der Waals surface area contributed by atoms with Gasteiger partial charge in [0.25, 0.3) is 0 Å². The molecule has 0 aromatic heterocycles. The summed E-state index contributed by atoms with van der Waals surface area (Å²) in [6.45, 7) is 0.323.